The van der Waals surface area contributed by atoms with E-state index >= 15 is 0 Å². The van der Waals surface area contributed by atoms with Gasteiger partial charge in [0.15, 0.2) is 5.75 Å². The molecule has 0 aliphatic heterocycles. The molecule has 0 N–H and O–H groups in total. The van der Waals surface area contributed by atoms with E-state index in [-0.39, 0.29) is 0 Å². The Kier molecular flexibility index (Phi) is 5.82. The first-order valence-corrected chi connectivity index (χ1v) is 7.67. The number of hydrogen-bond acceptors (Lipinski definition) is 4. The maximum absolute atomic E-state index is 12.2. The largest absolute Gasteiger partial charge is 0.495 e. The van der Waals surface area contributed by atoms with Gasteiger partial charge < -0.3 is 14.2 Å². The first-order chi connectivity index (χ1) is 11.1. The quantitative estimate of drug-likeness (QED) is 0.572. The highest BCUT2D eigenvalue weighted by Crippen LogP contribution is 2.40. The van der Waals surface area contributed by atoms with Crippen molar-refractivity contribution in [2.24, 2.45) is 0 Å². The fraction of sp³-hybridized carbons (Fsp3) is 0.167. The summed E-state index contributed by atoms with van der Waals surface area (Å²) in [7, 11) is 4.39. The Bertz CT molecular complexity index is 724. The number of ether oxygens (including phenoxy) is 3. The molecule has 0 fully saturated rings. The van der Waals surface area contributed by atoms with Crippen LogP contribution in [-0.4, -0.2) is 27.3 Å². The van der Waals surface area contributed by atoms with Gasteiger partial charge in [-0.25, -0.2) is 4.79 Å². The number of benzene rings is 2. The molecule has 0 aliphatic rings. The van der Waals surface area contributed by atoms with E-state index in [1.54, 1.807) is 13.2 Å². The van der Waals surface area contributed by atoms with Gasteiger partial charge >= 0.3 is 5.97 Å². The van der Waals surface area contributed by atoms with Gasteiger partial charge in [-0.3, -0.25) is 0 Å². The van der Waals surface area contributed by atoms with Crippen LogP contribution in [0.5, 0.6) is 11.5 Å². The Hall–Kier alpha value is -2.27. The maximum atomic E-state index is 12.2. The number of halogens is 1. The zero-order valence-electron chi connectivity index (χ0n) is 13.1. The van der Waals surface area contributed by atoms with Crippen LogP contribution >= 0.6 is 15.9 Å². The van der Waals surface area contributed by atoms with Crippen molar-refractivity contribution < 1.29 is 19.0 Å². The molecule has 2 aromatic carbocycles. The summed E-state index contributed by atoms with van der Waals surface area (Å²) < 4.78 is 16.2. The molecule has 0 bridgehead atoms. The van der Waals surface area contributed by atoms with Crippen LogP contribution in [-0.2, 0) is 4.74 Å². The van der Waals surface area contributed by atoms with Crippen molar-refractivity contribution in [3.8, 4) is 11.5 Å². The lowest BCUT2D eigenvalue weighted by molar-refractivity contribution is 0.0596. The average Bonchev–Trinajstić information content (AvgIpc) is 2.60. The molecule has 2 rings (SSSR count). The Balaban J connectivity index is 2.60. The van der Waals surface area contributed by atoms with Crippen LogP contribution in [0.2, 0.25) is 0 Å². The Morgan fingerprint density at radius 2 is 1.74 bits per heavy atom. The number of hydrogen-bond donors (Lipinski definition) is 0. The summed E-state index contributed by atoms with van der Waals surface area (Å²) in [5, 5.41) is 0. The summed E-state index contributed by atoms with van der Waals surface area (Å²) >= 11 is 3.40. The van der Waals surface area contributed by atoms with Crippen LogP contribution in [0.1, 0.15) is 21.5 Å². The molecule has 0 aliphatic carbocycles. The van der Waals surface area contributed by atoms with Gasteiger partial charge in [-0.05, 0) is 33.1 Å². The number of methoxy groups -OCH3 is 3. The average molecular weight is 377 g/mol. The summed E-state index contributed by atoms with van der Waals surface area (Å²) in [6.45, 7) is 0. The lowest BCUT2D eigenvalue weighted by Gasteiger charge is -2.15. The van der Waals surface area contributed by atoms with Gasteiger partial charge in [0.1, 0.15) is 15.8 Å². The molecule has 4 nitrogen and oxygen atoms in total. The lowest BCUT2D eigenvalue weighted by Crippen LogP contribution is -2.08. The first-order valence-electron chi connectivity index (χ1n) is 6.88. The molecule has 0 saturated heterocycles. The second-order valence-electron chi connectivity index (χ2n) is 4.63. The number of esters is 1. The van der Waals surface area contributed by atoms with Gasteiger partial charge in [0.05, 0.1) is 21.3 Å². The fourth-order valence-corrected chi connectivity index (χ4v) is 2.80. The normalized spacial score (nSPS) is 10.6. The summed E-state index contributed by atoms with van der Waals surface area (Å²) in [5.74, 6) is 0.476. The van der Waals surface area contributed by atoms with Crippen LogP contribution in [0.25, 0.3) is 12.2 Å². The highest BCUT2D eigenvalue weighted by Gasteiger charge is 2.23. The molecule has 120 valence electrons. The van der Waals surface area contributed by atoms with Crippen molar-refractivity contribution in [3.63, 3.8) is 0 Å². The number of carbonyl (C=O) groups excluding carboxylic acids is 1. The lowest BCUT2D eigenvalue weighted by atomic mass is 10.0. The SMILES string of the molecule is COC(=O)c1c(/C=C/c2ccccc2)cc(OC)c(Br)c1OC. The molecule has 0 radical (unpaired) electrons. The van der Waals surface area contributed by atoms with E-state index in [0.717, 1.165) is 5.56 Å². The van der Waals surface area contributed by atoms with Crippen molar-refractivity contribution in [1.29, 1.82) is 0 Å². The van der Waals surface area contributed by atoms with E-state index in [4.69, 9.17) is 14.2 Å². The first kappa shape index (κ1) is 17.1. The Morgan fingerprint density at radius 3 is 2.30 bits per heavy atom. The van der Waals surface area contributed by atoms with Crippen molar-refractivity contribution >= 4 is 34.1 Å². The van der Waals surface area contributed by atoms with Gasteiger partial charge in [0, 0.05) is 0 Å². The second-order valence-corrected chi connectivity index (χ2v) is 5.42. The van der Waals surface area contributed by atoms with Gasteiger partial charge in [0.2, 0.25) is 0 Å². The molecule has 2 aromatic rings. The number of carbonyl (C=O) groups is 1. The van der Waals surface area contributed by atoms with Gasteiger partial charge in [-0.1, -0.05) is 42.5 Å². The second kappa shape index (κ2) is 7.83. The topological polar surface area (TPSA) is 44.8 Å². The van der Waals surface area contributed by atoms with E-state index in [1.165, 1.54) is 14.2 Å². The third-order valence-corrected chi connectivity index (χ3v) is 4.04. The highest BCUT2D eigenvalue weighted by molar-refractivity contribution is 9.10. The van der Waals surface area contributed by atoms with E-state index in [1.807, 2.05) is 42.5 Å². The van der Waals surface area contributed by atoms with Gasteiger partial charge in [0.25, 0.3) is 0 Å². The van der Waals surface area contributed by atoms with Crippen LogP contribution in [0.3, 0.4) is 0 Å². The molecule has 0 aromatic heterocycles. The summed E-state index contributed by atoms with van der Waals surface area (Å²) in [5.41, 5.74) is 2.01. The van der Waals surface area contributed by atoms with E-state index in [0.29, 0.717) is 27.1 Å². The highest BCUT2D eigenvalue weighted by atomic mass is 79.9. The molecule has 23 heavy (non-hydrogen) atoms. The van der Waals surface area contributed by atoms with Gasteiger partial charge in [-0.2, -0.15) is 0 Å². The van der Waals surface area contributed by atoms with Crippen LogP contribution in [0.4, 0.5) is 0 Å². The van der Waals surface area contributed by atoms with Crippen molar-refractivity contribution in [1.82, 2.24) is 0 Å². The summed E-state index contributed by atoms with van der Waals surface area (Å²) in [6, 6.07) is 11.6. The Morgan fingerprint density at radius 1 is 1.04 bits per heavy atom. The Labute approximate surface area is 143 Å². The summed E-state index contributed by atoms with van der Waals surface area (Å²) in [6.07, 6.45) is 3.74. The molecule has 0 spiro atoms. The molecule has 0 heterocycles. The van der Waals surface area contributed by atoms with E-state index < -0.39 is 5.97 Å². The van der Waals surface area contributed by atoms with Crippen LogP contribution < -0.4 is 9.47 Å². The van der Waals surface area contributed by atoms with Gasteiger partial charge in [-0.15, -0.1) is 0 Å². The molecule has 0 amide bonds. The molecular formula is C18H17BrO4. The monoisotopic (exact) mass is 376 g/mol. The fourth-order valence-electron chi connectivity index (χ4n) is 2.16. The van der Waals surface area contributed by atoms with E-state index in [9.17, 15) is 4.79 Å². The molecular weight excluding hydrogens is 360 g/mol. The minimum Gasteiger partial charge on any atom is -0.495 e. The predicted molar refractivity (Wildman–Crippen MR) is 94.0 cm³/mol. The minimum atomic E-state index is -0.474. The third-order valence-electron chi connectivity index (χ3n) is 3.29. The molecule has 0 saturated carbocycles. The van der Waals surface area contributed by atoms with Crippen molar-refractivity contribution in [2.75, 3.05) is 21.3 Å². The molecule has 0 unspecified atom stereocenters. The number of rotatable bonds is 5. The zero-order chi connectivity index (χ0) is 16.8. The van der Waals surface area contributed by atoms with E-state index in [2.05, 4.69) is 15.9 Å². The minimum absolute atomic E-state index is 0.342. The third kappa shape index (κ3) is 3.74. The van der Waals surface area contributed by atoms with Crippen LogP contribution in [0, 0.1) is 0 Å². The maximum Gasteiger partial charge on any atom is 0.342 e. The molecule has 0 atom stereocenters. The van der Waals surface area contributed by atoms with Crippen molar-refractivity contribution in [2.45, 2.75) is 0 Å². The zero-order valence-corrected chi connectivity index (χ0v) is 14.7. The summed E-state index contributed by atoms with van der Waals surface area (Å²) in [4.78, 5) is 12.2. The van der Waals surface area contributed by atoms with Crippen LogP contribution in [0.15, 0.2) is 40.9 Å². The molecule has 5 heteroatoms. The predicted octanol–water partition coefficient (Wildman–Crippen LogP) is 4.42. The standard InChI is InChI=1S/C18H17BrO4/c1-21-14-11-13(10-9-12-7-5-4-6-8-12)15(18(20)23-3)17(22-2)16(14)19/h4-11H,1-3H3/b10-9+. The smallest absolute Gasteiger partial charge is 0.342 e. The van der Waals surface area contributed by atoms with Crippen molar-refractivity contribution in [3.05, 3.63) is 57.6 Å².